The molecule has 0 N–H and O–H groups in total. The van der Waals surface area contributed by atoms with E-state index in [9.17, 15) is 0 Å². The highest BCUT2D eigenvalue weighted by molar-refractivity contribution is 7.26. The first-order valence-electron chi connectivity index (χ1n) is 17.2. The van der Waals surface area contributed by atoms with Gasteiger partial charge in [-0.2, -0.15) is 0 Å². The van der Waals surface area contributed by atoms with Crippen molar-refractivity contribution in [1.29, 1.82) is 0 Å². The lowest BCUT2D eigenvalue weighted by Crippen LogP contribution is -1.94. The molecular weight excluding hydrogens is 637 g/mol. The standard InChI is InChI=1S/C48H30N2S/c1-3-13-31(14-4-1)32-25-27-33(28-26-32)35-17-11-18-36(29-35)37-19-12-20-38(30-37)47-49-45(34-15-5-2-6-16-34)44-43-41-23-9-7-21-39(41)40-22-8-10-24-42(40)46(43)51-48(44)50-47/h1-30H. The van der Waals surface area contributed by atoms with Crippen molar-refractivity contribution < 1.29 is 0 Å². The van der Waals surface area contributed by atoms with E-state index in [4.69, 9.17) is 9.97 Å². The molecule has 2 aromatic heterocycles. The van der Waals surface area contributed by atoms with Gasteiger partial charge in [0.15, 0.2) is 5.82 Å². The Balaban J connectivity index is 1.12. The maximum absolute atomic E-state index is 5.38. The van der Waals surface area contributed by atoms with Crippen LogP contribution in [0.2, 0.25) is 0 Å². The quantitative estimate of drug-likeness (QED) is 0.171. The van der Waals surface area contributed by atoms with Crippen molar-refractivity contribution in [2.75, 3.05) is 0 Å². The molecule has 2 nitrogen and oxygen atoms in total. The summed E-state index contributed by atoms with van der Waals surface area (Å²) in [6.07, 6.45) is 0. The Kier molecular flexibility index (Phi) is 7.04. The molecular formula is C48H30N2S. The third kappa shape index (κ3) is 5.10. The van der Waals surface area contributed by atoms with Crippen LogP contribution in [0.1, 0.15) is 0 Å². The molecule has 10 rings (SSSR count). The van der Waals surface area contributed by atoms with Crippen LogP contribution in [-0.4, -0.2) is 9.97 Å². The summed E-state index contributed by atoms with van der Waals surface area (Å²) in [4.78, 5) is 11.7. The summed E-state index contributed by atoms with van der Waals surface area (Å²) in [6.45, 7) is 0. The minimum Gasteiger partial charge on any atom is -0.227 e. The van der Waals surface area contributed by atoms with E-state index in [-0.39, 0.29) is 0 Å². The van der Waals surface area contributed by atoms with Gasteiger partial charge in [0.2, 0.25) is 0 Å². The fourth-order valence-corrected chi connectivity index (χ4v) is 8.66. The maximum Gasteiger partial charge on any atom is 0.161 e. The van der Waals surface area contributed by atoms with Gasteiger partial charge in [-0.25, -0.2) is 9.97 Å². The number of hydrogen-bond acceptors (Lipinski definition) is 3. The average Bonchev–Trinajstić information content (AvgIpc) is 3.62. The zero-order chi connectivity index (χ0) is 33.7. The van der Waals surface area contributed by atoms with Crippen LogP contribution < -0.4 is 0 Å². The molecule has 0 aliphatic rings. The van der Waals surface area contributed by atoms with E-state index in [1.165, 1.54) is 53.9 Å². The largest absolute Gasteiger partial charge is 0.227 e. The second-order valence-corrected chi connectivity index (χ2v) is 13.9. The highest BCUT2D eigenvalue weighted by Gasteiger charge is 2.21. The number of rotatable bonds is 5. The molecule has 0 atom stereocenters. The smallest absolute Gasteiger partial charge is 0.161 e. The summed E-state index contributed by atoms with van der Waals surface area (Å²) >= 11 is 1.77. The van der Waals surface area contributed by atoms with Gasteiger partial charge >= 0.3 is 0 Å². The van der Waals surface area contributed by atoms with Crippen molar-refractivity contribution >= 4 is 53.2 Å². The predicted molar refractivity (Wildman–Crippen MR) is 217 cm³/mol. The van der Waals surface area contributed by atoms with Gasteiger partial charge in [-0.15, -0.1) is 11.3 Å². The summed E-state index contributed by atoms with van der Waals surface area (Å²) in [5, 5.41) is 7.37. The van der Waals surface area contributed by atoms with Gasteiger partial charge in [0.25, 0.3) is 0 Å². The van der Waals surface area contributed by atoms with Crippen LogP contribution in [0.3, 0.4) is 0 Å². The Labute approximate surface area is 300 Å². The Morgan fingerprint density at radius 1 is 0.314 bits per heavy atom. The number of thiophene rings is 1. The van der Waals surface area contributed by atoms with Crippen LogP contribution in [0.15, 0.2) is 182 Å². The molecule has 2 heterocycles. The SMILES string of the molecule is c1ccc(-c2ccc(-c3cccc(-c4cccc(-c5nc(-c6ccccc6)c6c(n5)sc5c7ccccc7c7ccccc7c56)c4)c3)cc2)cc1. The molecule has 0 aliphatic carbocycles. The minimum absolute atomic E-state index is 0.732. The van der Waals surface area contributed by atoms with Crippen molar-refractivity contribution in [3.63, 3.8) is 0 Å². The number of nitrogens with zero attached hydrogens (tertiary/aromatic N) is 2. The zero-order valence-electron chi connectivity index (χ0n) is 27.6. The minimum atomic E-state index is 0.732. The van der Waals surface area contributed by atoms with Crippen LogP contribution in [-0.2, 0) is 0 Å². The molecule has 51 heavy (non-hydrogen) atoms. The third-order valence-electron chi connectivity index (χ3n) is 9.90. The van der Waals surface area contributed by atoms with E-state index >= 15 is 0 Å². The van der Waals surface area contributed by atoms with Gasteiger partial charge in [0.05, 0.1) is 5.69 Å². The fraction of sp³-hybridized carbons (Fsp3) is 0. The summed E-state index contributed by atoms with van der Waals surface area (Å²) in [5.41, 5.74) is 10.2. The van der Waals surface area contributed by atoms with Crippen LogP contribution >= 0.6 is 11.3 Å². The Morgan fingerprint density at radius 2 is 0.765 bits per heavy atom. The first kappa shape index (κ1) is 29.5. The van der Waals surface area contributed by atoms with Gasteiger partial charge in [-0.3, -0.25) is 0 Å². The Hall–Kier alpha value is -6.42. The van der Waals surface area contributed by atoms with Crippen LogP contribution in [0.25, 0.3) is 97.9 Å². The molecule has 0 saturated heterocycles. The van der Waals surface area contributed by atoms with Crippen molar-refractivity contribution in [2.24, 2.45) is 0 Å². The predicted octanol–water partition coefficient (Wildman–Crippen LogP) is 13.5. The normalized spacial score (nSPS) is 11.5. The molecule has 3 heteroatoms. The lowest BCUT2D eigenvalue weighted by molar-refractivity contribution is 1.24. The molecule has 0 unspecified atom stereocenters. The second kappa shape index (κ2) is 12.2. The first-order chi connectivity index (χ1) is 25.3. The molecule has 0 bridgehead atoms. The molecule has 10 aromatic rings. The van der Waals surface area contributed by atoms with Crippen LogP contribution in [0.4, 0.5) is 0 Å². The van der Waals surface area contributed by atoms with E-state index in [0.29, 0.717) is 0 Å². The fourth-order valence-electron chi connectivity index (χ4n) is 7.44. The van der Waals surface area contributed by atoms with Gasteiger partial charge in [-0.1, -0.05) is 170 Å². The van der Waals surface area contributed by atoms with Crippen LogP contribution in [0.5, 0.6) is 0 Å². The van der Waals surface area contributed by atoms with Crippen LogP contribution in [0, 0.1) is 0 Å². The Bertz CT molecular complexity index is 2890. The summed E-state index contributed by atoms with van der Waals surface area (Å²) in [5.74, 6) is 0.732. The molecule has 0 spiro atoms. The van der Waals surface area contributed by atoms with Crippen molar-refractivity contribution in [1.82, 2.24) is 9.97 Å². The highest BCUT2D eigenvalue weighted by Crippen LogP contribution is 2.46. The summed E-state index contributed by atoms with van der Waals surface area (Å²) in [6, 6.07) is 64.8. The lowest BCUT2D eigenvalue weighted by atomic mass is 9.95. The molecule has 0 aliphatic heterocycles. The summed E-state index contributed by atoms with van der Waals surface area (Å²) < 4.78 is 1.25. The van der Waals surface area contributed by atoms with Gasteiger partial charge in [-0.05, 0) is 61.7 Å². The molecule has 238 valence electrons. The monoisotopic (exact) mass is 666 g/mol. The van der Waals surface area contributed by atoms with E-state index in [1.54, 1.807) is 11.3 Å². The van der Waals surface area contributed by atoms with Crippen molar-refractivity contribution in [3.05, 3.63) is 182 Å². The molecule has 0 fully saturated rings. The third-order valence-corrected chi connectivity index (χ3v) is 11.0. The highest BCUT2D eigenvalue weighted by atomic mass is 32.1. The van der Waals surface area contributed by atoms with E-state index in [2.05, 4.69) is 182 Å². The van der Waals surface area contributed by atoms with Gasteiger partial charge < -0.3 is 0 Å². The first-order valence-corrected chi connectivity index (χ1v) is 18.1. The van der Waals surface area contributed by atoms with E-state index in [0.717, 1.165) is 44.0 Å². The topological polar surface area (TPSA) is 25.8 Å². The van der Waals surface area contributed by atoms with Gasteiger partial charge in [0.1, 0.15) is 4.83 Å². The molecule has 0 radical (unpaired) electrons. The summed E-state index contributed by atoms with van der Waals surface area (Å²) in [7, 11) is 0. The number of aromatic nitrogens is 2. The van der Waals surface area contributed by atoms with Crippen molar-refractivity contribution in [2.45, 2.75) is 0 Å². The molecule has 8 aromatic carbocycles. The molecule has 0 saturated carbocycles. The Morgan fingerprint density at radius 3 is 1.43 bits per heavy atom. The van der Waals surface area contributed by atoms with Crippen molar-refractivity contribution in [3.8, 4) is 56.0 Å². The number of fused-ring (bicyclic) bond motifs is 8. The maximum atomic E-state index is 5.38. The number of benzene rings is 8. The van der Waals surface area contributed by atoms with E-state index in [1.807, 2.05) is 0 Å². The number of hydrogen-bond donors (Lipinski definition) is 0. The second-order valence-electron chi connectivity index (χ2n) is 12.9. The lowest BCUT2D eigenvalue weighted by Gasteiger charge is -2.11. The zero-order valence-corrected chi connectivity index (χ0v) is 28.4. The van der Waals surface area contributed by atoms with Gasteiger partial charge in [0, 0.05) is 32.0 Å². The average molecular weight is 667 g/mol. The molecule has 0 amide bonds. The van der Waals surface area contributed by atoms with E-state index < -0.39 is 0 Å².